The molecular weight excluding hydrogens is 452 g/mol. The van der Waals surface area contributed by atoms with Crippen LogP contribution in [0.25, 0.3) is 22.2 Å². The van der Waals surface area contributed by atoms with E-state index in [1.54, 1.807) is 6.20 Å². The van der Waals surface area contributed by atoms with Crippen LogP contribution >= 0.6 is 0 Å². The Balaban J connectivity index is 1.39. The van der Waals surface area contributed by atoms with Gasteiger partial charge in [-0.05, 0) is 63.8 Å². The fourth-order valence-electron chi connectivity index (χ4n) is 4.72. The van der Waals surface area contributed by atoms with Crippen molar-refractivity contribution >= 4 is 28.3 Å². The van der Waals surface area contributed by atoms with E-state index >= 15 is 0 Å². The van der Waals surface area contributed by atoms with E-state index in [4.69, 9.17) is 10.5 Å². The van der Waals surface area contributed by atoms with Gasteiger partial charge in [0.25, 0.3) is 0 Å². The maximum atomic E-state index is 12.1. The number of ether oxygens (including phenoxy) is 1. The van der Waals surface area contributed by atoms with Crippen LogP contribution in [0.1, 0.15) is 45.6 Å². The quantitative estimate of drug-likeness (QED) is 0.260. The number of fused-ring (bicyclic) bond motifs is 1. The maximum Gasteiger partial charge on any atom is 0.319 e. The zero-order valence-electron chi connectivity index (χ0n) is 20.9. The third-order valence-corrected chi connectivity index (χ3v) is 6.68. The summed E-state index contributed by atoms with van der Waals surface area (Å²) in [5.41, 5.74) is 11.4. The van der Waals surface area contributed by atoms with Crippen molar-refractivity contribution < 1.29 is 9.53 Å². The number of hydrogen-bond donors (Lipinski definition) is 3. The van der Waals surface area contributed by atoms with E-state index in [1.807, 2.05) is 56.7 Å². The van der Waals surface area contributed by atoms with Crippen molar-refractivity contribution in [2.75, 3.05) is 17.7 Å². The molecule has 2 heterocycles. The molecule has 1 aliphatic rings. The maximum absolute atomic E-state index is 12.1. The van der Waals surface area contributed by atoms with Gasteiger partial charge in [0.15, 0.2) is 0 Å². The molecule has 0 aliphatic heterocycles. The van der Waals surface area contributed by atoms with Crippen molar-refractivity contribution in [1.82, 2.24) is 19.4 Å². The fourth-order valence-corrected chi connectivity index (χ4v) is 4.72. The first kappa shape index (κ1) is 23.8. The molecule has 8 nitrogen and oxygen atoms in total. The van der Waals surface area contributed by atoms with E-state index in [1.165, 1.54) is 6.42 Å². The minimum atomic E-state index is -0.210. The Morgan fingerprint density at radius 1 is 1.19 bits per heavy atom. The van der Waals surface area contributed by atoms with E-state index < -0.39 is 0 Å². The number of aromatic nitrogens is 3. The summed E-state index contributed by atoms with van der Waals surface area (Å²) in [4.78, 5) is 16.1. The van der Waals surface area contributed by atoms with Crippen LogP contribution < -0.4 is 21.1 Å². The van der Waals surface area contributed by atoms with Crippen molar-refractivity contribution in [1.29, 1.82) is 0 Å². The molecule has 4 N–H and O–H groups in total. The normalized spacial score (nSPS) is 13.6. The van der Waals surface area contributed by atoms with Crippen molar-refractivity contribution in [2.24, 2.45) is 0 Å². The van der Waals surface area contributed by atoms with Crippen molar-refractivity contribution in [3.8, 4) is 17.0 Å². The molecule has 0 atom stereocenters. The van der Waals surface area contributed by atoms with Crippen molar-refractivity contribution in [2.45, 2.75) is 58.2 Å². The van der Waals surface area contributed by atoms with Crippen LogP contribution in [0.3, 0.4) is 0 Å². The molecule has 0 saturated heterocycles. The first-order chi connectivity index (χ1) is 17.5. The number of rotatable bonds is 9. The monoisotopic (exact) mass is 486 g/mol. The minimum Gasteiger partial charge on any atom is -0.493 e. The number of nitrogens with zero attached hydrogens (tertiary/aromatic N) is 3. The number of urea groups is 1. The highest BCUT2D eigenvalue weighted by Gasteiger charge is 2.27. The van der Waals surface area contributed by atoms with E-state index in [-0.39, 0.29) is 12.1 Å². The lowest BCUT2D eigenvalue weighted by Crippen LogP contribution is -2.34. The predicted octanol–water partition coefficient (Wildman–Crippen LogP) is 5.81. The Bertz CT molecular complexity index is 1320. The molecule has 36 heavy (non-hydrogen) atoms. The van der Waals surface area contributed by atoms with Gasteiger partial charge < -0.3 is 30.2 Å². The Morgan fingerprint density at radius 2 is 2.00 bits per heavy atom. The van der Waals surface area contributed by atoms with Crippen LogP contribution in [-0.2, 0) is 6.54 Å². The van der Waals surface area contributed by atoms with Gasteiger partial charge >= 0.3 is 6.03 Å². The summed E-state index contributed by atoms with van der Waals surface area (Å²) in [6.45, 7) is 5.38. The minimum absolute atomic E-state index is 0.0767. The lowest BCUT2D eigenvalue weighted by Gasteiger charge is -2.30. The summed E-state index contributed by atoms with van der Waals surface area (Å²) in [5, 5.41) is 6.77. The van der Waals surface area contributed by atoms with Gasteiger partial charge in [-0.1, -0.05) is 12.1 Å². The molecule has 5 rings (SSSR count). The van der Waals surface area contributed by atoms with Crippen LogP contribution in [-0.4, -0.2) is 32.8 Å². The summed E-state index contributed by atoms with van der Waals surface area (Å²) in [6, 6.07) is 14.4. The third-order valence-electron chi connectivity index (χ3n) is 6.68. The predicted molar refractivity (Wildman–Crippen MR) is 144 cm³/mol. The van der Waals surface area contributed by atoms with Gasteiger partial charge in [-0.25, -0.2) is 9.78 Å². The molecule has 4 aromatic rings. The van der Waals surface area contributed by atoms with Gasteiger partial charge in [0.2, 0.25) is 0 Å². The molecule has 2 aromatic heterocycles. The van der Waals surface area contributed by atoms with Gasteiger partial charge in [-0.2, -0.15) is 0 Å². The number of anilines is 2. The average molecular weight is 487 g/mol. The highest BCUT2D eigenvalue weighted by molar-refractivity contribution is 6.02. The number of benzene rings is 2. The average Bonchev–Trinajstić information content (AvgIpc) is 3.43. The van der Waals surface area contributed by atoms with E-state index in [2.05, 4.69) is 36.9 Å². The molecule has 1 fully saturated rings. The largest absolute Gasteiger partial charge is 0.493 e. The summed E-state index contributed by atoms with van der Waals surface area (Å²) in [7, 11) is 0. The van der Waals surface area contributed by atoms with Gasteiger partial charge in [-0.3, -0.25) is 0 Å². The van der Waals surface area contributed by atoms with Crippen LogP contribution in [0.5, 0.6) is 5.75 Å². The molecule has 0 radical (unpaired) electrons. The molecule has 2 amide bonds. The highest BCUT2D eigenvalue weighted by Crippen LogP contribution is 2.44. The Labute approximate surface area is 211 Å². The van der Waals surface area contributed by atoms with E-state index in [0.717, 1.165) is 65.1 Å². The Morgan fingerprint density at radius 3 is 2.67 bits per heavy atom. The standard InChI is InChI=1S/C28H34N6O2/c1-19(2)31-28(35)32-21-9-7-20(8-10-21)27-26(29)24-12-11-23(17-25(24)34(27)22-5-3-6-22)36-16-4-14-33-15-13-30-18-33/h7-13,15,17-19,22H,3-6,14,16,29H2,1-2H3,(H2,31,32,35). The number of amides is 2. The summed E-state index contributed by atoms with van der Waals surface area (Å²) < 4.78 is 10.5. The number of nitrogens with two attached hydrogens (primary N) is 1. The van der Waals surface area contributed by atoms with Crippen LogP contribution in [0.15, 0.2) is 61.2 Å². The number of nitrogen functional groups attached to an aromatic ring is 1. The summed E-state index contributed by atoms with van der Waals surface area (Å²) >= 11 is 0. The third kappa shape index (κ3) is 5.03. The second-order valence-electron chi connectivity index (χ2n) is 9.73. The fraction of sp³-hybridized carbons (Fsp3) is 0.357. The van der Waals surface area contributed by atoms with Gasteiger partial charge in [0, 0.05) is 53.7 Å². The second-order valence-corrected chi connectivity index (χ2v) is 9.73. The molecule has 0 spiro atoms. The number of imidazole rings is 1. The number of nitrogens with one attached hydrogen (secondary N) is 2. The lowest BCUT2D eigenvalue weighted by molar-refractivity contribution is 0.250. The van der Waals surface area contributed by atoms with Crippen LogP contribution in [0.2, 0.25) is 0 Å². The summed E-state index contributed by atoms with van der Waals surface area (Å²) in [6.07, 6.45) is 9.99. The van der Waals surface area contributed by atoms with E-state index in [0.29, 0.717) is 12.6 Å². The van der Waals surface area contributed by atoms with Gasteiger partial charge in [0.1, 0.15) is 5.75 Å². The molecule has 0 unspecified atom stereocenters. The smallest absolute Gasteiger partial charge is 0.319 e. The first-order valence-electron chi connectivity index (χ1n) is 12.7. The molecule has 1 aliphatic carbocycles. The molecule has 0 bridgehead atoms. The SMILES string of the molecule is CC(C)NC(=O)Nc1ccc(-c2c(N)c3ccc(OCCCn4ccnc4)cc3n2C2CCC2)cc1. The zero-order valence-corrected chi connectivity index (χ0v) is 20.9. The van der Waals surface area contributed by atoms with E-state index in [9.17, 15) is 4.79 Å². The molecule has 8 heteroatoms. The number of hydrogen-bond acceptors (Lipinski definition) is 4. The topological polar surface area (TPSA) is 99.1 Å². The van der Waals surface area contributed by atoms with Crippen LogP contribution in [0, 0.1) is 0 Å². The number of carbonyl (C=O) groups excluding carboxylic acids is 1. The van der Waals surface area contributed by atoms with Crippen molar-refractivity contribution in [3.05, 3.63) is 61.2 Å². The number of aryl methyl sites for hydroxylation is 1. The first-order valence-corrected chi connectivity index (χ1v) is 12.7. The Kier molecular flexibility index (Phi) is 6.84. The van der Waals surface area contributed by atoms with Crippen LogP contribution in [0.4, 0.5) is 16.2 Å². The number of carbonyl (C=O) groups is 1. The molecule has 188 valence electrons. The van der Waals surface area contributed by atoms with Gasteiger partial charge in [0.05, 0.1) is 29.8 Å². The second kappa shape index (κ2) is 10.4. The zero-order chi connectivity index (χ0) is 25.1. The van der Waals surface area contributed by atoms with Gasteiger partial charge in [-0.15, -0.1) is 0 Å². The summed E-state index contributed by atoms with van der Waals surface area (Å²) in [5.74, 6) is 0.855. The lowest BCUT2D eigenvalue weighted by atomic mass is 9.92. The molecule has 2 aromatic carbocycles. The van der Waals surface area contributed by atoms with Crippen molar-refractivity contribution in [3.63, 3.8) is 0 Å². The highest BCUT2D eigenvalue weighted by atomic mass is 16.5. The Hall–Kier alpha value is -3.94. The molecule has 1 saturated carbocycles. The molecular formula is C28H34N6O2.